The number of hydrogen-bond donors (Lipinski definition) is 2. The zero-order chi connectivity index (χ0) is 13.7. The van der Waals surface area contributed by atoms with E-state index in [0.717, 1.165) is 10.9 Å². The molecule has 0 aliphatic heterocycles. The Balaban J connectivity index is 2.12. The van der Waals surface area contributed by atoms with Crippen LogP contribution in [0.15, 0.2) is 41.0 Å². The molecule has 0 bridgehead atoms. The van der Waals surface area contributed by atoms with Crippen LogP contribution in [0, 0.1) is 0 Å². The number of carbonyl (C=O) groups is 1. The van der Waals surface area contributed by atoms with Crippen molar-refractivity contribution in [1.29, 1.82) is 0 Å². The molecular formula is C14H15BrN2O2. The van der Waals surface area contributed by atoms with E-state index >= 15 is 0 Å². The second kappa shape index (κ2) is 6.43. The SMILES string of the molecule is CCCOc1ccccc1NC(=O)c1cc(Br)c[nH]1. The normalized spacial score (nSPS) is 10.2. The van der Waals surface area contributed by atoms with Gasteiger partial charge in [0.15, 0.2) is 0 Å². The lowest BCUT2D eigenvalue weighted by atomic mass is 10.2. The first-order valence-corrected chi connectivity index (χ1v) is 6.87. The largest absolute Gasteiger partial charge is 0.491 e. The third kappa shape index (κ3) is 3.61. The van der Waals surface area contributed by atoms with Crippen molar-refractivity contribution in [2.45, 2.75) is 13.3 Å². The van der Waals surface area contributed by atoms with E-state index in [1.807, 2.05) is 31.2 Å². The third-order valence-electron chi connectivity index (χ3n) is 2.49. The first-order chi connectivity index (χ1) is 9.20. The number of rotatable bonds is 5. The molecule has 0 fully saturated rings. The van der Waals surface area contributed by atoms with Gasteiger partial charge in [-0.1, -0.05) is 19.1 Å². The predicted molar refractivity (Wildman–Crippen MR) is 78.7 cm³/mol. The fraction of sp³-hybridized carbons (Fsp3) is 0.214. The van der Waals surface area contributed by atoms with Gasteiger partial charge in [0.05, 0.1) is 12.3 Å². The fourth-order valence-electron chi connectivity index (χ4n) is 1.60. The number of ether oxygens (including phenoxy) is 1. The van der Waals surface area contributed by atoms with Crippen molar-refractivity contribution < 1.29 is 9.53 Å². The average Bonchev–Trinajstić information content (AvgIpc) is 2.84. The highest BCUT2D eigenvalue weighted by molar-refractivity contribution is 9.10. The third-order valence-corrected chi connectivity index (χ3v) is 2.95. The van der Waals surface area contributed by atoms with Crippen molar-refractivity contribution in [3.63, 3.8) is 0 Å². The van der Waals surface area contributed by atoms with Gasteiger partial charge in [-0.3, -0.25) is 4.79 Å². The number of halogens is 1. The predicted octanol–water partition coefficient (Wildman–Crippen LogP) is 3.82. The number of benzene rings is 1. The van der Waals surface area contributed by atoms with E-state index in [0.29, 0.717) is 23.7 Å². The van der Waals surface area contributed by atoms with Gasteiger partial charge in [0.1, 0.15) is 11.4 Å². The van der Waals surface area contributed by atoms with Crippen molar-refractivity contribution in [3.8, 4) is 5.75 Å². The summed E-state index contributed by atoms with van der Waals surface area (Å²) in [5.74, 6) is 0.488. The fourth-order valence-corrected chi connectivity index (χ4v) is 1.94. The van der Waals surface area contributed by atoms with Crippen LogP contribution in [0.4, 0.5) is 5.69 Å². The molecule has 1 amide bonds. The Kier molecular flexibility index (Phi) is 4.63. The highest BCUT2D eigenvalue weighted by Gasteiger charge is 2.11. The molecule has 19 heavy (non-hydrogen) atoms. The molecule has 0 unspecified atom stereocenters. The molecule has 0 spiro atoms. The van der Waals surface area contributed by atoms with Crippen molar-refractivity contribution in [2.24, 2.45) is 0 Å². The van der Waals surface area contributed by atoms with Crippen LogP contribution in [-0.4, -0.2) is 17.5 Å². The van der Waals surface area contributed by atoms with Crippen LogP contribution in [0.25, 0.3) is 0 Å². The molecule has 0 saturated carbocycles. The quantitative estimate of drug-likeness (QED) is 0.879. The van der Waals surface area contributed by atoms with Gasteiger partial charge in [-0.15, -0.1) is 0 Å². The minimum Gasteiger partial charge on any atom is -0.491 e. The first-order valence-electron chi connectivity index (χ1n) is 6.08. The lowest BCUT2D eigenvalue weighted by molar-refractivity contribution is 0.102. The van der Waals surface area contributed by atoms with Crippen LogP contribution < -0.4 is 10.1 Å². The Labute approximate surface area is 120 Å². The molecular weight excluding hydrogens is 308 g/mol. The van der Waals surface area contributed by atoms with Crippen LogP contribution in [0.1, 0.15) is 23.8 Å². The summed E-state index contributed by atoms with van der Waals surface area (Å²) in [6.45, 7) is 2.67. The zero-order valence-corrected chi connectivity index (χ0v) is 12.2. The number of anilines is 1. The monoisotopic (exact) mass is 322 g/mol. The molecule has 0 aliphatic carbocycles. The molecule has 0 aliphatic rings. The van der Waals surface area contributed by atoms with Crippen molar-refractivity contribution in [3.05, 3.63) is 46.7 Å². The van der Waals surface area contributed by atoms with Gasteiger partial charge in [0, 0.05) is 10.7 Å². The summed E-state index contributed by atoms with van der Waals surface area (Å²) in [4.78, 5) is 14.9. The number of carbonyl (C=O) groups excluding carboxylic acids is 1. The van der Waals surface area contributed by atoms with Gasteiger partial charge in [-0.2, -0.15) is 0 Å². The summed E-state index contributed by atoms with van der Waals surface area (Å²) in [5, 5.41) is 2.83. The Morgan fingerprint density at radius 3 is 2.89 bits per heavy atom. The Hall–Kier alpha value is -1.75. The number of amides is 1. The van der Waals surface area contributed by atoms with Crippen molar-refractivity contribution in [2.75, 3.05) is 11.9 Å². The molecule has 5 heteroatoms. The molecule has 0 saturated heterocycles. The smallest absolute Gasteiger partial charge is 0.272 e. The maximum absolute atomic E-state index is 12.0. The number of para-hydroxylation sites is 2. The molecule has 2 rings (SSSR count). The summed E-state index contributed by atoms with van der Waals surface area (Å²) < 4.78 is 6.43. The summed E-state index contributed by atoms with van der Waals surface area (Å²) in [5.41, 5.74) is 1.17. The van der Waals surface area contributed by atoms with Crippen LogP contribution >= 0.6 is 15.9 Å². The summed E-state index contributed by atoms with van der Waals surface area (Å²) in [6.07, 6.45) is 2.64. The average molecular weight is 323 g/mol. The van der Waals surface area contributed by atoms with Crippen LogP contribution in [-0.2, 0) is 0 Å². The Bertz CT molecular complexity index is 566. The van der Waals surface area contributed by atoms with E-state index in [1.165, 1.54) is 0 Å². The molecule has 0 atom stereocenters. The van der Waals surface area contributed by atoms with Crippen molar-refractivity contribution >= 4 is 27.5 Å². The van der Waals surface area contributed by atoms with Gasteiger partial charge in [0.25, 0.3) is 5.91 Å². The van der Waals surface area contributed by atoms with Gasteiger partial charge < -0.3 is 15.0 Å². The standard InChI is InChI=1S/C14H15BrN2O2/c1-2-7-19-13-6-4-3-5-11(13)17-14(18)12-8-10(15)9-16-12/h3-6,8-9,16H,2,7H2,1H3,(H,17,18). The molecule has 2 aromatic rings. The second-order valence-electron chi connectivity index (χ2n) is 4.03. The molecule has 1 aromatic carbocycles. The number of hydrogen-bond acceptors (Lipinski definition) is 2. The van der Waals surface area contributed by atoms with Gasteiger partial charge in [0.2, 0.25) is 0 Å². The summed E-state index contributed by atoms with van der Waals surface area (Å²) in [7, 11) is 0. The molecule has 1 aromatic heterocycles. The molecule has 2 N–H and O–H groups in total. The Morgan fingerprint density at radius 1 is 1.42 bits per heavy atom. The number of nitrogens with one attached hydrogen (secondary N) is 2. The molecule has 4 nitrogen and oxygen atoms in total. The van der Waals surface area contributed by atoms with Gasteiger partial charge in [-0.25, -0.2) is 0 Å². The van der Waals surface area contributed by atoms with Crippen LogP contribution in [0.3, 0.4) is 0 Å². The highest BCUT2D eigenvalue weighted by atomic mass is 79.9. The minimum atomic E-state index is -0.196. The first kappa shape index (κ1) is 13.7. The number of aromatic amines is 1. The van der Waals surface area contributed by atoms with E-state index in [-0.39, 0.29) is 5.91 Å². The molecule has 100 valence electrons. The van der Waals surface area contributed by atoms with E-state index in [9.17, 15) is 4.79 Å². The Morgan fingerprint density at radius 2 is 2.21 bits per heavy atom. The number of aromatic nitrogens is 1. The second-order valence-corrected chi connectivity index (χ2v) is 4.95. The van der Waals surface area contributed by atoms with Crippen molar-refractivity contribution in [1.82, 2.24) is 4.98 Å². The van der Waals surface area contributed by atoms with Crippen LogP contribution in [0.2, 0.25) is 0 Å². The van der Waals surface area contributed by atoms with E-state index in [2.05, 4.69) is 26.2 Å². The maximum atomic E-state index is 12.0. The number of H-pyrrole nitrogens is 1. The van der Waals surface area contributed by atoms with Gasteiger partial charge in [-0.05, 0) is 40.5 Å². The lowest BCUT2D eigenvalue weighted by Gasteiger charge is -2.11. The van der Waals surface area contributed by atoms with Gasteiger partial charge >= 0.3 is 0 Å². The van der Waals surface area contributed by atoms with E-state index in [1.54, 1.807) is 12.3 Å². The summed E-state index contributed by atoms with van der Waals surface area (Å²) >= 11 is 3.30. The lowest BCUT2D eigenvalue weighted by Crippen LogP contribution is -2.13. The maximum Gasteiger partial charge on any atom is 0.272 e. The topological polar surface area (TPSA) is 54.1 Å². The molecule has 0 radical (unpaired) electrons. The van der Waals surface area contributed by atoms with E-state index < -0.39 is 0 Å². The van der Waals surface area contributed by atoms with E-state index in [4.69, 9.17) is 4.74 Å². The minimum absolute atomic E-state index is 0.196. The highest BCUT2D eigenvalue weighted by Crippen LogP contribution is 2.24. The molecule has 1 heterocycles. The summed E-state index contributed by atoms with van der Waals surface area (Å²) in [6, 6.07) is 9.13. The zero-order valence-electron chi connectivity index (χ0n) is 10.6. The van der Waals surface area contributed by atoms with Crippen LogP contribution in [0.5, 0.6) is 5.75 Å².